The summed E-state index contributed by atoms with van der Waals surface area (Å²) >= 11 is 0. The highest BCUT2D eigenvalue weighted by Gasteiger charge is 2.32. The molecule has 1 aromatic heterocycles. The molecule has 0 spiro atoms. The number of aromatic nitrogens is 4. The second-order valence-corrected chi connectivity index (χ2v) is 4.95. The molecule has 2 aromatic rings. The zero-order valence-electron chi connectivity index (χ0n) is 11.2. The molecule has 2 unspecified atom stereocenters. The number of nitrogens with zero attached hydrogens (tertiary/aromatic N) is 4. The minimum Gasteiger partial charge on any atom is -0.398 e. The number of anilines is 1. The third-order valence-corrected chi connectivity index (χ3v) is 3.78. The lowest BCUT2D eigenvalue weighted by atomic mass is 10.1. The second-order valence-electron chi connectivity index (χ2n) is 4.95. The van der Waals surface area contributed by atoms with Crippen LogP contribution in [0.5, 0.6) is 0 Å². The quantitative estimate of drug-likeness (QED) is 0.865. The topological polar surface area (TPSA) is 78.8 Å². The summed E-state index contributed by atoms with van der Waals surface area (Å²) in [5.74, 6) is 0.120. The van der Waals surface area contributed by atoms with Gasteiger partial charge in [0.1, 0.15) is 5.82 Å². The third kappa shape index (κ3) is 2.14. The van der Waals surface area contributed by atoms with Gasteiger partial charge in [0, 0.05) is 18.4 Å². The van der Waals surface area contributed by atoms with Gasteiger partial charge in [-0.05, 0) is 47.9 Å². The van der Waals surface area contributed by atoms with Crippen molar-refractivity contribution in [2.75, 3.05) is 12.8 Å². The van der Waals surface area contributed by atoms with E-state index in [1.54, 1.807) is 11.8 Å². The van der Waals surface area contributed by atoms with Crippen LogP contribution >= 0.6 is 0 Å². The van der Waals surface area contributed by atoms with Crippen LogP contribution in [-0.4, -0.2) is 33.4 Å². The Kier molecular flexibility index (Phi) is 3.35. The number of ether oxygens (including phenoxy) is 1. The van der Waals surface area contributed by atoms with Gasteiger partial charge >= 0.3 is 0 Å². The van der Waals surface area contributed by atoms with Crippen molar-refractivity contribution < 1.29 is 9.13 Å². The molecule has 106 valence electrons. The molecule has 1 aromatic carbocycles. The Bertz CT molecular complexity index is 615. The number of tetrazole rings is 1. The van der Waals surface area contributed by atoms with Gasteiger partial charge in [0.25, 0.3) is 0 Å². The minimum atomic E-state index is -0.363. The number of methoxy groups -OCH3 is 1. The van der Waals surface area contributed by atoms with Gasteiger partial charge in [-0.2, -0.15) is 0 Å². The van der Waals surface area contributed by atoms with E-state index >= 15 is 0 Å². The largest absolute Gasteiger partial charge is 0.398 e. The molecule has 0 radical (unpaired) electrons. The molecular weight excluding hydrogens is 261 g/mol. The Labute approximate surface area is 115 Å². The van der Waals surface area contributed by atoms with E-state index in [0.717, 1.165) is 19.3 Å². The van der Waals surface area contributed by atoms with Gasteiger partial charge in [-0.3, -0.25) is 0 Å². The molecule has 20 heavy (non-hydrogen) atoms. The van der Waals surface area contributed by atoms with Gasteiger partial charge in [-0.25, -0.2) is 9.07 Å². The third-order valence-electron chi connectivity index (χ3n) is 3.78. The maximum Gasteiger partial charge on any atom is 0.184 e. The summed E-state index contributed by atoms with van der Waals surface area (Å²) in [5.41, 5.74) is 6.87. The van der Waals surface area contributed by atoms with Gasteiger partial charge in [0.05, 0.1) is 12.1 Å². The van der Waals surface area contributed by atoms with Crippen molar-refractivity contribution in [3.8, 4) is 11.4 Å². The van der Waals surface area contributed by atoms with Crippen LogP contribution in [0.4, 0.5) is 10.1 Å². The lowest BCUT2D eigenvalue weighted by Gasteiger charge is -2.19. The Hall–Kier alpha value is -2.02. The average Bonchev–Trinajstić information content (AvgIpc) is 3.08. The smallest absolute Gasteiger partial charge is 0.184 e. The predicted octanol–water partition coefficient (Wildman–Crippen LogP) is 1.80. The monoisotopic (exact) mass is 277 g/mol. The van der Waals surface area contributed by atoms with Gasteiger partial charge in [0.2, 0.25) is 0 Å². The van der Waals surface area contributed by atoms with Gasteiger partial charge in [-0.1, -0.05) is 0 Å². The van der Waals surface area contributed by atoms with E-state index in [2.05, 4.69) is 15.5 Å². The standard InChI is InChI=1S/C13H16FN5O/c1-20-12-4-2-3-11(12)19-13(16-17-18-19)9-7-8(14)5-6-10(9)15/h5-7,11-12H,2-4,15H2,1H3. The van der Waals surface area contributed by atoms with Crippen molar-refractivity contribution in [2.24, 2.45) is 0 Å². The molecule has 1 aliphatic rings. The fourth-order valence-corrected chi connectivity index (χ4v) is 2.78. The fraction of sp³-hybridized carbons (Fsp3) is 0.462. The van der Waals surface area contributed by atoms with Crippen molar-refractivity contribution >= 4 is 5.69 Å². The molecule has 0 amide bonds. The molecule has 0 aliphatic heterocycles. The van der Waals surface area contributed by atoms with Crippen molar-refractivity contribution in [3.63, 3.8) is 0 Å². The molecular formula is C13H16FN5O. The summed E-state index contributed by atoms with van der Waals surface area (Å²) in [6, 6.07) is 4.26. The normalized spacial score (nSPS) is 22.3. The Morgan fingerprint density at radius 3 is 3.05 bits per heavy atom. The van der Waals surface area contributed by atoms with Crippen molar-refractivity contribution in [1.82, 2.24) is 20.2 Å². The van der Waals surface area contributed by atoms with Crippen LogP contribution in [0.15, 0.2) is 18.2 Å². The highest BCUT2D eigenvalue weighted by atomic mass is 19.1. The zero-order chi connectivity index (χ0) is 14.1. The predicted molar refractivity (Wildman–Crippen MR) is 71.3 cm³/mol. The molecule has 7 heteroatoms. The number of rotatable bonds is 3. The lowest BCUT2D eigenvalue weighted by Crippen LogP contribution is -2.22. The van der Waals surface area contributed by atoms with Crippen LogP contribution in [0, 0.1) is 5.82 Å². The first-order valence-electron chi connectivity index (χ1n) is 6.56. The van der Waals surface area contributed by atoms with E-state index in [1.165, 1.54) is 18.2 Å². The molecule has 6 nitrogen and oxygen atoms in total. The van der Waals surface area contributed by atoms with E-state index in [-0.39, 0.29) is 18.0 Å². The molecule has 2 N–H and O–H groups in total. The summed E-state index contributed by atoms with van der Waals surface area (Å²) < 4.78 is 20.6. The zero-order valence-corrected chi connectivity index (χ0v) is 11.2. The minimum absolute atomic E-state index is 0.0627. The number of benzene rings is 1. The van der Waals surface area contributed by atoms with Crippen molar-refractivity contribution in [3.05, 3.63) is 24.0 Å². The molecule has 1 heterocycles. The SMILES string of the molecule is COC1CCCC1n1nnnc1-c1cc(F)ccc1N. The lowest BCUT2D eigenvalue weighted by molar-refractivity contribution is 0.0708. The Morgan fingerprint density at radius 2 is 2.25 bits per heavy atom. The van der Waals surface area contributed by atoms with E-state index < -0.39 is 0 Å². The van der Waals surface area contributed by atoms with Crippen LogP contribution in [0.2, 0.25) is 0 Å². The summed E-state index contributed by atoms with van der Waals surface area (Å²) in [5, 5.41) is 11.8. The Morgan fingerprint density at radius 1 is 1.40 bits per heavy atom. The van der Waals surface area contributed by atoms with Gasteiger partial charge < -0.3 is 10.5 Å². The van der Waals surface area contributed by atoms with E-state index in [4.69, 9.17) is 10.5 Å². The first-order valence-corrected chi connectivity index (χ1v) is 6.56. The van der Waals surface area contributed by atoms with Crippen LogP contribution in [0.25, 0.3) is 11.4 Å². The average molecular weight is 277 g/mol. The second kappa shape index (κ2) is 5.16. The molecule has 0 saturated heterocycles. The summed E-state index contributed by atoms with van der Waals surface area (Å²) in [7, 11) is 1.68. The summed E-state index contributed by atoms with van der Waals surface area (Å²) in [6.07, 6.45) is 3.04. The fourth-order valence-electron chi connectivity index (χ4n) is 2.78. The summed E-state index contributed by atoms with van der Waals surface area (Å²) in [6.45, 7) is 0. The first kappa shape index (κ1) is 13.0. The van der Waals surface area contributed by atoms with E-state index in [1.807, 2.05) is 0 Å². The van der Waals surface area contributed by atoms with Crippen LogP contribution < -0.4 is 5.73 Å². The van der Waals surface area contributed by atoms with Crippen LogP contribution in [0.3, 0.4) is 0 Å². The summed E-state index contributed by atoms with van der Waals surface area (Å²) in [4.78, 5) is 0. The number of hydrogen-bond acceptors (Lipinski definition) is 5. The number of hydrogen-bond donors (Lipinski definition) is 1. The van der Waals surface area contributed by atoms with Crippen molar-refractivity contribution in [1.29, 1.82) is 0 Å². The van der Waals surface area contributed by atoms with Gasteiger partial charge in [-0.15, -0.1) is 5.10 Å². The molecule has 2 atom stereocenters. The number of nitrogens with two attached hydrogens (primary N) is 1. The molecule has 3 rings (SSSR count). The van der Waals surface area contributed by atoms with Crippen LogP contribution in [0.1, 0.15) is 25.3 Å². The highest BCUT2D eigenvalue weighted by Crippen LogP contribution is 2.35. The molecule has 1 saturated carbocycles. The maximum atomic E-state index is 13.4. The maximum absolute atomic E-state index is 13.4. The number of halogens is 1. The molecule has 1 aliphatic carbocycles. The number of nitrogen functional groups attached to an aromatic ring is 1. The molecule has 1 fully saturated rings. The van der Waals surface area contributed by atoms with Gasteiger partial charge in [0.15, 0.2) is 5.82 Å². The van der Waals surface area contributed by atoms with Crippen LogP contribution in [-0.2, 0) is 4.74 Å². The van der Waals surface area contributed by atoms with Crippen molar-refractivity contribution in [2.45, 2.75) is 31.4 Å². The first-order chi connectivity index (χ1) is 9.70. The van der Waals surface area contributed by atoms with E-state index in [9.17, 15) is 4.39 Å². The van der Waals surface area contributed by atoms with E-state index in [0.29, 0.717) is 17.1 Å². The highest BCUT2D eigenvalue weighted by molar-refractivity contribution is 5.71. The molecule has 0 bridgehead atoms. The Balaban J connectivity index is 2.04.